The molecule has 0 bridgehead atoms. The molecule has 0 amide bonds. The molecule has 0 saturated heterocycles. The van der Waals surface area contributed by atoms with Gasteiger partial charge in [0.05, 0.1) is 6.33 Å². The third kappa shape index (κ3) is 3.03. The van der Waals surface area contributed by atoms with Gasteiger partial charge in [0.2, 0.25) is 0 Å². The number of hydrogen-bond acceptors (Lipinski definition) is 3. The quantitative estimate of drug-likeness (QED) is 0.849. The molecule has 4 nitrogen and oxygen atoms in total. The summed E-state index contributed by atoms with van der Waals surface area (Å²) in [6.45, 7) is 0. The first-order chi connectivity index (χ1) is 8.70. The predicted molar refractivity (Wildman–Crippen MR) is 74.0 cm³/mol. The second-order valence-electron chi connectivity index (χ2n) is 3.66. The van der Waals surface area contributed by atoms with Gasteiger partial charge in [-0.3, -0.25) is 4.79 Å². The van der Waals surface area contributed by atoms with E-state index < -0.39 is 0 Å². The number of H-pyrrole nitrogens is 1. The molecule has 2 N–H and O–H groups in total. The average molecular weight is 284 g/mol. The maximum atomic E-state index is 11.3. The molecule has 0 aliphatic rings. The summed E-state index contributed by atoms with van der Waals surface area (Å²) in [5, 5.41) is 3.03. The molecule has 0 aliphatic carbocycles. The highest BCUT2D eigenvalue weighted by Gasteiger charge is 2.05. The van der Waals surface area contributed by atoms with Crippen LogP contribution in [-0.2, 0) is 6.42 Å². The second kappa shape index (κ2) is 5.89. The fraction of sp³-hybridized carbons (Fsp3) is 0.167. The second-order valence-corrected chi connectivity index (χ2v) is 4.41. The van der Waals surface area contributed by atoms with Gasteiger partial charge in [-0.2, -0.15) is 0 Å². The zero-order valence-corrected chi connectivity index (χ0v) is 10.9. The highest BCUT2D eigenvalue weighted by Crippen LogP contribution is 2.19. The van der Waals surface area contributed by atoms with Crippen LogP contribution in [0.5, 0.6) is 0 Å². The lowest BCUT2D eigenvalue weighted by Gasteiger charge is -2.07. The Morgan fingerprint density at radius 2 is 2.00 bits per heavy atom. The number of halogens is 2. The standard InChI is InChI=1S/C12H11Cl2N3O/c13-6-5-8-1-3-9(4-2-8)17-11-10(14)12(18)16-7-15-11/h1-4,7H,5-6H2,(H2,15,16,17,18). The fourth-order valence-corrected chi connectivity index (χ4v) is 1.84. The number of aryl methyl sites for hydroxylation is 1. The minimum atomic E-state index is -0.368. The summed E-state index contributed by atoms with van der Waals surface area (Å²) >= 11 is 11.5. The van der Waals surface area contributed by atoms with Crippen LogP contribution in [0.4, 0.5) is 11.5 Å². The van der Waals surface area contributed by atoms with Crippen molar-refractivity contribution in [2.45, 2.75) is 6.42 Å². The highest BCUT2D eigenvalue weighted by atomic mass is 35.5. The zero-order chi connectivity index (χ0) is 13.0. The minimum absolute atomic E-state index is 0.0438. The van der Waals surface area contributed by atoms with E-state index in [1.165, 1.54) is 6.33 Å². The van der Waals surface area contributed by atoms with Crippen molar-refractivity contribution in [2.75, 3.05) is 11.2 Å². The van der Waals surface area contributed by atoms with E-state index in [0.717, 1.165) is 17.7 Å². The number of anilines is 2. The first-order valence-electron chi connectivity index (χ1n) is 5.36. The van der Waals surface area contributed by atoms with Crippen LogP contribution in [0.2, 0.25) is 5.02 Å². The van der Waals surface area contributed by atoms with Crippen LogP contribution in [0.1, 0.15) is 5.56 Å². The molecule has 0 spiro atoms. The fourth-order valence-electron chi connectivity index (χ4n) is 1.47. The summed E-state index contributed by atoms with van der Waals surface area (Å²) in [5.41, 5.74) is 1.60. The maximum absolute atomic E-state index is 11.3. The van der Waals surface area contributed by atoms with Crippen molar-refractivity contribution in [2.24, 2.45) is 0 Å². The molecule has 94 valence electrons. The molecule has 0 fully saturated rings. The lowest BCUT2D eigenvalue weighted by atomic mass is 10.1. The minimum Gasteiger partial charge on any atom is -0.339 e. The summed E-state index contributed by atoms with van der Waals surface area (Å²) in [7, 11) is 0. The lowest BCUT2D eigenvalue weighted by Crippen LogP contribution is -2.09. The van der Waals surface area contributed by atoms with Gasteiger partial charge in [-0.05, 0) is 24.1 Å². The largest absolute Gasteiger partial charge is 0.339 e. The van der Waals surface area contributed by atoms with Crippen LogP contribution in [0.25, 0.3) is 0 Å². The number of benzene rings is 1. The third-order valence-electron chi connectivity index (χ3n) is 2.40. The van der Waals surface area contributed by atoms with Crippen LogP contribution in [0, 0.1) is 0 Å². The van der Waals surface area contributed by atoms with Crippen molar-refractivity contribution in [1.29, 1.82) is 0 Å². The van der Waals surface area contributed by atoms with Gasteiger partial charge < -0.3 is 10.3 Å². The Morgan fingerprint density at radius 1 is 1.28 bits per heavy atom. The maximum Gasteiger partial charge on any atom is 0.271 e. The molecule has 2 rings (SSSR count). The van der Waals surface area contributed by atoms with Crippen molar-refractivity contribution in [3.63, 3.8) is 0 Å². The van der Waals surface area contributed by atoms with E-state index in [1.54, 1.807) is 0 Å². The zero-order valence-electron chi connectivity index (χ0n) is 9.41. The van der Waals surface area contributed by atoms with Crippen molar-refractivity contribution < 1.29 is 0 Å². The molecule has 2 aromatic rings. The normalized spacial score (nSPS) is 10.3. The van der Waals surface area contributed by atoms with E-state index in [1.807, 2.05) is 24.3 Å². The van der Waals surface area contributed by atoms with Gasteiger partial charge in [-0.1, -0.05) is 23.7 Å². The predicted octanol–water partition coefficient (Wildman–Crippen LogP) is 2.95. The Labute approximate surface area is 114 Å². The number of nitrogens with one attached hydrogen (secondary N) is 2. The van der Waals surface area contributed by atoms with Crippen LogP contribution >= 0.6 is 23.2 Å². The first kappa shape index (κ1) is 12.9. The van der Waals surface area contributed by atoms with Gasteiger partial charge in [-0.25, -0.2) is 4.98 Å². The van der Waals surface area contributed by atoms with Gasteiger partial charge in [-0.15, -0.1) is 11.6 Å². The summed E-state index contributed by atoms with van der Waals surface area (Å²) in [6.07, 6.45) is 2.13. The molecule has 1 heterocycles. The van der Waals surface area contributed by atoms with Crippen LogP contribution in [0.15, 0.2) is 35.4 Å². The molecule has 1 aromatic heterocycles. The molecule has 18 heavy (non-hydrogen) atoms. The number of alkyl halides is 1. The number of aromatic amines is 1. The molecular formula is C12H11Cl2N3O. The highest BCUT2D eigenvalue weighted by molar-refractivity contribution is 6.32. The summed E-state index contributed by atoms with van der Waals surface area (Å²) < 4.78 is 0. The number of hydrogen-bond donors (Lipinski definition) is 2. The monoisotopic (exact) mass is 283 g/mol. The lowest BCUT2D eigenvalue weighted by molar-refractivity contribution is 1.12. The molecule has 0 saturated carbocycles. The Morgan fingerprint density at radius 3 is 2.67 bits per heavy atom. The van der Waals surface area contributed by atoms with Crippen LogP contribution < -0.4 is 10.9 Å². The SMILES string of the molecule is O=c1[nH]cnc(Nc2ccc(CCCl)cc2)c1Cl. The van der Waals surface area contributed by atoms with Crippen molar-refractivity contribution in [1.82, 2.24) is 9.97 Å². The molecule has 0 unspecified atom stereocenters. The number of nitrogens with zero attached hydrogens (tertiary/aromatic N) is 1. The topological polar surface area (TPSA) is 57.8 Å². The Balaban J connectivity index is 2.18. The Kier molecular flexibility index (Phi) is 4.23. The molecule has 6 heteroatoms. The molecular weight excluding hydrogens is 273 g/mol. The Hall–Kier alpha value is -1.52. The van der Waals surface area contributed by atoms with Crippen molar-refractivity contribution in [3.8, 4) is 0 Å². The van der Waals surface area contributed by atoms with E-state index in [2.05, 4.69) is 15.3 Å². The van der Waals surface area contributed by atoms with E-state index in [-0.39, 0.29) is 10.6 Å². The number of aromatic nitrogens is 2. The molecule has 0 radical (unpaired) electrons. The van der Waals surface area contributed by atoms with Crippen molar-refractivity contribution >= 4 is 34.7 Å². The van der Waals surface area contributed by atoms with Gasteiger partial charge in [0, 0.05) is 11.6 Å². The van der Waals surface area contributed by atoms with Crippen LogP contribution in [-0.4, -0.2) is 15.8 Å². The van der Waals surface area contributed by atoms with E-state index in [0.29, 0.717) is 11.7 Å². The Bertz CT molecular complexity index is 581. The van der Waals surface area contributed by atoms with Crippen molar-refractivity contribution in [3.05, 3.63) is 51.5 Å². The van der Waals surface area contributed by atoms with Crippen LogP contribution in [0.3, 0.4) is 0 Å². The smallest absolute Gasteiger partial charge is 0.271 e. The van der Waals surface area contributed by atoms with E-state index in [4.69, 9.17) is 23.2 Å². The molecule has 0 atom stereocenters. The first-order valence-corrected chi connectivity index (χ1v) is 6.27. The summed E-state index contributed by atoms with van der Waals surface area (Å²) in [5.74, 6) is 0.930. The van der Waals surface area contributed by atoms with Gasteiger partial charge in [0.25, 0.3) is 5.56 Å². The summed E-state index contributed by atoms with van der Waals surface area (Å²) in [6, 6.07) is 7.71. The van der Waals surface area contributed by atoms with Gasteiger partial charge >= 0.3 is 0 Å². The summed E-state index contributed by atoms with van der Waals surface area (Å²) in [4.78, 5) is 17.7. The molecule has 0 aliphatic heterocycles. The number of rotatable bonds is 4. The van der Waals surface area contributed by atoms with Gasteiger partial charge in [0.15, 0.2) is 5.82 Å². The van der Waals surface area contributed by atoms with Gasteiger partial charge in [0.1, 0.15) is 5.02 Å². The third-order valence-corrected chi connectivity index (χ3v) is 2.94. The average Bonchev–Trinajstić information content (AvgIpc) is 2.38. The van der Waals surface area contributed by atoms with E-state index in [9.17, 15) is 4.79 Å². The molecule has 1 aromatic carbocycles. The van der Waals surface area contributed by atoms with E-state index >= 15 is 0 Å².